The van der Waals surface area contributed by atoms with Crippen molar-refractivity contribution in [2.45, 2.75) is 13.3 Å². The Morgan fingerprint density at radius 1 is 1.14 bits per heavy atom. The minimum atomic E-state index is -0.596. The minimum absolute atomic E-state index is 0.00790. The third-order valence-electron chi connectivity index (χ3n) is 4.41. The van der Waals surface area contributed by atoms with Gasteiger partial charge < -0.3 is 14.3 Å². The summed E-state index contributed by atoms with van der Waals surface area (Å²) in [6, 6.07) is 17.0. The van der Waals surface area contributed by atoms with Crippen LogP contribution in [0, 0.1) is 5.92 Å². The molecule has 1 aliphatic rings. The van der Waals surface area contributed by atoms with E-state index in [1.807, 2.05) is 54.6 Å². The molecule has 1 aliphatic heterocycles. The Bertz CT molecular complexity index is 889. The number of hydrazone groups is 1. The Balaban J connectivity index is 2.15. The highest BCUT2D eigenvalue weighted by Gasteiger charge is 2.29. The van der Waals surface area contributed by atoms with Gasteiger partial charge in [0, 0.05) is 11.8 Å². The molecule has 0 saturated heterocycles. The summed E-state index contributed by atoms with van der Waals surface area (Å²) in [7, 11) is 1.60. The van der Waals surface area contributed by atoms with Crippen LogP contribution in [0.5, 0.6) is 5.75 Å². The highest BCUT2D eigenvalue weighted by atomic mass is 16.5. The minimum Gasteiger partial charge on any atom is -0.497 e. The zero-order valence-electron chi connectivity index (χ0n) is 15.9. The molecule has 1 heterocycles. The van der Waals surface area contributed by atoms with Crippen LogP contribution in [0.25, 0.3) is 5.70 Å². The summed E-state index contributed by atoms with van der Waals surface area (Å²) in [5.74, 6) is -0.256. The van der Waals surface area contributed by atoms with Gasteiger partial charge in [0.2, 0.25) is 0 Å². The van der Waals surface area contributed by atoms with Crippen molar-refractivity contribution in [3.63, 3.8) is 0 Å². The van der Waals surface area contributed by atoms with Crippen LogP contribution in [0.4, 0.5) is 5.69 Å². The fourth-order valence-corrected chi connectivity index (χ4v) is 3.09. The van der Waals surface area contributed by atoms with Crippen molar-refractivity contribution < 1.29 is 19.1 Å². The lowest BCUT2D eigenvalue weighted by Gasteiger charge is -2.30. The van der Waals surface area contributed by atoms with Gasteiger partial charge in [0.15, 0.2) is 0 Å². The first-order valence-corrected chi connectivity index (χ1v) is 9.05. The fourth-order valence-electron chi connectivity index (χ4n) is 3.09. The van der Waals surface area contributed by atoms with Gasteiger partial charge >= 0.3 is 5.97 Å². The fraction of sp³-hybridized carbons (Fsp3) is 0.227. The molecule has 0 saturated carbocycles. The Morgan fingerprint density at radius 3 is 2.46 bits per heavy atom. The van der Waals surface area contributed by atoms with E-state index in [4.69, 9.17) is 9.47 Å². The Hall–Kier alpha value is -3.41. The maximum absolute atomic E-state index is 12.2. The molecule has 0 radical (unpaired) electrons. The van der Waals surface area contributed by atoms with E-state index in [-0.39, 0.29) is 19.0 Å². The Labute approximate surface area is 164 Å². The van der Waals surface area contributed by atoms with Gasteiger partial charge in [0.1, 0.15) is 12.0 Å². The third-order valence-corrected chi connectivity index (χ3v) is 4.41. The van der Waals surface area contributed by atoms with E-state index >= 15 is 0 Å². The average molecular weight is 378 g/mol. The van der Waals surface area contributed by atoms with Crippen molar-refractivity contribution in [1.82, 2.24) is 0 Å². The smallest absolute Gasteiger partial charge is 0.310 e. The van der Waals surface area contributed by atoms with Crippen molar-refractivity contribution in [1.29, 1.82) is 0 Å². The molecular formula is C22H22N2O4. The highest BCUT2D eigenvalue weighted by molar-refractivity contribution is 5.98. The molecule has 0 fully saturated rings. The van der Waals surface area contributed by atoms with Crippen molar-refractivity contribution in [3.05, 3.63) is 65.7 Å². The normalized spacial score (nSPS) is 16.1. The van der Waals surface area contributed by atoms with Crippen LogP contribution < -0.4 is 9.75 Å². The maximum Gasteiger partial charge on any atom is 0.310 e. The van der Waals surface area contributed by atoms with E-state index in [9.17, 15) is 9.59 Å². The predicted molar refractivity (Wildman–Crippen MR) is 108 cm³/mol. The Kier molecular flexibility index (Phi) is 6.22. The first-order chi connectivity index (χ1) is 13.7. The van der Waals surface area contributed by atoms with E-state index in [0.29, 0.717) is 17.0 Å². The van der Waals surface area contributed by atoms with Gasteiger partial charge in [-0.3, -0.25) is 4.79 Å². The number of nitrogens with zero attached hydrogens (tertiary/aromatic N) is 2. The summed E-state index contributed by atoms with van der Waals surface area (Å²) in [6.45, 7) is 2.04. The number of ether oxygens (including phenoxy) is 2. The molecule has 0 aromatic heterocycles. The standard InChI is InChI=1S/C22H22N2O4/c1-3-28-21(26)13-20-17(15-25)14-23-24(18-7-5-4-6-8-18)22(20)16-9-11-19(27-2)12-10-16/h4-12,14-15,17H,3,13H2,1-2H3. The van der Waals surface area contributed by atoms with Crippen molar-refractivity contribution in [3.8, 4) is 5.75 Å². The van der Waals surface area contributed by atoms with E-state index in [1.54, 1.807) is 25.3 Å². The van der Waals surface area contributed by atoms with Crippen LogP contribution >= 0.6 is 0 Å². The SMILES string of the molecule is CCOC(=O)CC1=C(c2ccc(OC)cc2)N(c2ccccc2)N=CC1C=O. The molecule has 6 nitrogen and oxygen atoms in total. The van der Waals surface area contributed by atoms with E-state index in [0.717, 1.165) is 17.5 Å². The topological polar surface area (TPSA) is 68.2 Å². The number of hydrogen-bond donors (Lipinski definition) is 0. The van der Waals surface area contributed by atoms with Gasteiger partial charge in [-0.2, -0.15) is 5.10 Å². The summed E-state index contributed by atoms with van der Waals surface area (Å²) in [6.07, 6.45) is 2.36. The van der Waals surface area contributed by atoms with Gasteiger partial charge in [-0.15, -0.1) is 0 Å². The maximum atomic E-state index is 12.2. The average Bonchev–Trinajstić information content (AvgIpc) is 2.74. The molecule has 144 valence electrons. The number of carbonyl (C=O) groups excluding carboxylic acids is 2. The van der Waals surface area contributed by atoms with E-state index < -0.39 is 5.92 Å². The molecule has 1 unspecified atom stereocenters. The van der Waals surface area contributed by atoms with Crippen molar-refractivity contribution in [2.75, 3.05) is 18.7 Å². The molecule has 2 aromatic rings. The zero-order chi connectivity index (χ0) is 19.9. The lowest BCUT2D eigenvalue weighted by atomic mass is 9.91. The third kappa shape index (κ3) is 4.11. The monoisotopic (exact) mass is 378 g/mol. The second-order valence-electron chi connectivity index (χ2n) is 6.16. The lowest BCUT2D eigenvalue weighted by molar-refractivity contribution is -0.142. The number of benzene rings is 2. The van der Waals surface area contributed by atoms with E-state index in [2.05, 4.69) is 5.10 Å². The summed E-state index contributed by atoms with van der Waals surface area (Å²) in [4.78, 5) is 24.0. The van der Waals surface area contributed by atoms with Gasteiger partial charge in [0.25, 0.3) is 0 Å². The highest BCUT2D eigenvalue weighted by Crippen LogP contribution is 2.36. The lowest BCUT2D eigenvalue weighted by Crippen LogP contribution is -2.28. The van der Waals surface area contributed by atoms with Gasteiger partial charge in [-0.25, -0.2) is 5.01 Å². The first-order valence-electron chi connectivity index (χ1n) is 9.05. The van der Waals surface area contributed by atoms with Crippen molar-refractivity contribution >= 4 is 29.9 Å². The number of hydrogen-bond acceptors (Lipinski definition) is 6. The molecule has 1 atom stereocenters. The molecule has 28 heavy (non-hydrogen) atoms. The first kappa shape index (κ1) is 19.4. The second kappa shape index (κ2) is 8.99. The summed E-state index contributed by atoms with van der Waals surface area (Å²) < 4.78 is 10.4. The van der Waals surface area contributed by atoms with Crippen LogP contribution in [0.1, 0.15) is 18.9 Å². The zero-order valence-corrected chi connectivity index (χ0v) is 15.9. The molecule has 0 bridgehead atoms. The number of esters is 1. The van der Waals surface area contributed by atoms with Crippen LogP contribution in [0.2, 0.25) is 0 Å². The number of aldehydes is 1. The van der Waals surface area contributed by atoms with Crippen molar-refractivity contribution in [2.24, 2.45) is 11.0 Å². The van der Waals surface area contributed by atoms with Crippen LogP contribution in [0.3, 0.4) is 0 Å². The Morgan fingerprint density at radius 2 is 1.86 bits per heavy atom. The summed E-state index contributed by atoms with van der Waals surface area (Å²) in [5, 5.41) is 6.24. The summed E-state index contributed by atoms with van der Waals surface area (Å²) >= 11 is 0. The molecule has 0 N–H and O–H groups in total. The molecule has 2 aromatic carbocycles. The van der Waals surface area contributed by atoms with Crippen LogP contribution in [0.15, 0.2) is 65.3 Å². The molecule has 0 aliphatic carbocycles. The molecule has 3 rings (SSSR count). The predicted octanol–water partition coefficient (Wildman–Crippen LogP) is 3.68. The van der Waals surface area contributed by atoms with Gasteiger partial charge in [-0.1, -0.05) is 18.2 Å². The number of anilines is 1. The number of methoxy groups -OCH3 is 1. The molecule has 0 spiro atoms. The van der Waals surface area contributed by atoms with Gasteiger partial charge in [-0.05, 0) is 48.9 Å². The number of rotatable bonds is 7. The summed E-state index contributed by atoms with van der Waals surface area (Å²) in [5.41, 5.74) is 3.00. The molecule has 0 amide bonds. The second-order valence-corrected chi connectivity index (χ2v) is 6.16. The molecule has 6 heteroatoms. The molecular weight excluding hydrogens is 356 g/mol. The van der Waals surface area contributed by atoms with Crippen LogP contribution in [-0.4, -0.2) is 32.2 Å². The number of carbonyl (C=O) groups is 2. The van der Waals surface area contributed by atoms with E-state index in [1.165, 1.54) is 0 Å². The van der Waals surface area contributed by atoms with Gasteiger partial charge in [0.05, 0.1) is 37.4 Å². The quantitative estimate of drug-likeness (QED) is 0.543. The largest absolute Gasteiger partial charge is 0.497 e. The van der Waals surface area contributed by atoms with Crippen LogP contribution in [-0.2, 0) is 14.3 Å². The number of para-hydroxylation sites is 1.